The molecule has 1 aromatic carbocycles. The van der Waals surface area contributed by atoms with Gasteiger partial charge in [-0.3, -0.25) is 4.79 Å². The van der Waals surface area contributed by atoms with Crippen molar-refractivity contribution in [3.05, 3.63) is 29.8 Å². The van der Waals surface area contributed by atoms with Gasteiger partial charge >= 0.3 is 0 Å². The first-order valence-corrected chi connectivity index (χ1v) is 5.06. The third kappa shape index (κ3) is 1.52. The Morgan fingerprint density at radius 2 is 2.29 bits per heavy atom. The highest BCUT2D eigenvalue weighted by Gasteiger charge is 2.23. The van der Waals surface area contributed by atoms with Crippen molar-refractivity contribution in [2.75, 3.05) is 11.4 Å². The van der Waals surface area contributed by atoms with Crippen molar-refractivity contribution in [3.8, 4) is 0 Å². The van der Waals surface area contributed by atoms with Crippen LogP contribution in [0.15, 0.2) is 24.3 Å². The van der Waals surface area contributed by atoms with Gasteiger partial charge < -0.3 is 4.90 Å². The molecule has 1 unspecified atom stereocenters. The summed E-state index contributed by atoms with van der Waals surface area (Å²) in [5.41, 5.74) is 1.98. The molecule has 1 fully saturated rings. The fraction of sp³-hybridized carbons (Fsp3) is 0.417. The number of anilines is 1. The first-order chi connectivity index (χ1) is 6.68. The number of Topliss-reactive ketones (excluding diaryl/α,β-unsaturated/α-hetero) is 1. The van der Waals surface area contributed by atoms with Crippen molar-refractivity contribution >= 4 is 11.5 Å². The van der Waals surface area contributed by atoms with Gasteiger partial charge in [-0.05, 0) is 32.4 Å². The lowest BCUT2D eigenvalue weighted by atomic mass is 10.0. The molecule has 0 N–H and O–H groups in total. The Hall–Kier alpha value is -1.31. The SMILES string of the molecule is CC(=O)c1cccc(N2CCC2C)c1. The number of rotatable bonds is 2. The number of hydrogen-bond donors (Lipinski definition) is 0. The molecular formula is C12H15NO. The van der Waals surface area contributed by atoms with E-state index in [0.29, 0.717) is 6.04 Å². The number of carbonyl (C=O) groups excluding carboxylic acids is 1. The van der Waals surface area contributed by atoms with E-state index in [1.807, 2.05) is 18.2 Å². The van der Waals surface area contributed by atoms with Gasteiger partial charge in [0.25, 0.3) is 0 Å². The van der Waals surface area contributed by atoms with Gasteiger partial charge in [0.1, 0.15) is 0 Å². The first-order valence-electron chi connectivity index (χ1n) is 5.06. The molecule has 0 radical (unpaired) electrons. The Balaban J connectivity index is 2.26. The summed E-state index contributed by atoms with van der Waals surface area (Å²) in [6, 6.07) is 8.50. The predicted molar refractivity (Wildman–Crippen MR) is 57.9 cm³/mol. The molecule has 1 saturated heterocycles. The minimum atomic E-state index is 0.139. The van der Waals surface area contributed by atoms with Gasteiger partial charge in [-0.25, -0.2) is 0 Å². The van der Waals surface area contributed by atoms with Crippen molar-refractivity contribution in [3.63, 3.8) is 0 Å². The van der Waals surface area contributed by atoms with E-state index in [1.165, 1.54) is 12.1 Å². The number of hydrogen-bond acceptors (Lipinski definition) is 2. The zero-order valence-corrected chi connectivity index (χ0v) is 8.66. The van der Waals surface area contributed by atoms with Gasteiger partial charge in [-0.2, -0.15) is 0 Å². The summed E-state index contributed by atoms with van der Waals surface area (Å²) in [5.74, 6) is 0.139. The van der Waals surface area contributed by atoms with Crippen molar-refractivity contribution in [2.24, 2.45) is 0 Å². The Kier molecular flexibility index (Phi) is 2.28. The molecule has 74 valence electrons. The lowest BCUT2D eigenvalue weighted by molar-refractivity contribution is 0.101. The van der Waals surface area contributed by atoms with Gasteiger partial charge in [0.05, 0.1) is 0 Å². The molecule has 0 amide bonds. The maximum Gasteiger partial charge on any atom is 0.159 e. The second-order valence-corrected chi connectivity index (χ2v) is 3.94. The van der Waals surface area contributed by atoms with Crippen LogP contribution in [-0.2, 0) is 0 Å². The van der Waals surface area contributed by atoms with Crippen molar-refractivity contribution in [1.29, 1.82) is 0 Å². The molecule has 0 saturated carbocycles. The maximum atomic E-state index is 11.2. The highest BCUT2D eigenvalue weighted by Crippen LogP contribution is 2.26. The third-order valence-electron chi connectivity index (χ3n) is 2.90. The maximum absolute atomic E-state index is 11.2. The Morgan fingerprint density at radius 3 is 2.79 bits per heavy atom. The number of benzene rings is 1. The second kappa shape index (κ2) is 3.45. The van der Waals surface area contributed by atoms with E-state index in [0.717, 1.165) is 12.1 Å². The van der Waals surface area contributed by atoms with Crippen LogP contribution in [0.2, 0.25) is 0 Å². The zero-order valence-electron chi connectivity index (χ0n) is 8.66. The summed E-state index contributed by atoms with van der Waals surface area (Å²) in [4.78, 5) is 13.5. The van der Waals surface area contributed by atoms with Gasteiger partial charge in [0.2, 0.25) is 0 Å². The number of ketones is 1. The third-order valence-corrected chi connectivity index (χ3v) is 2.90. The molecule has 2 heteroatoms. The smallest absolute Gasteiger partial charge is 0.159 e. The molecule has 1 atom stereocenters. The molecule has 1 aliphatic heterocycles. The van der Waals surface area contributed by atoms with Gasteiger partial charge in [-0.1, -0.05) is 12.1 Å². The molecule has 0 bridgehead atoms. The molecule has 1 aromatic rings. The van der Waals surface area contributed by atoms with Gasteiger partial charge in [0, 0.05) is 23.8 Å². The fourth-order valence-corrected chi connectivity index (χ4v) is 1.80. The topological polar surface area (TPSA) is 20.3 Å². The van der Waals surface area contributed by atoms with Crippen LogP contribution in [0.1, 0.15) is 30.6 Å². The monoisotopic (exact) mass is 189 g/mol. The molecule has 0 aliphatic carbocycles. The highest BCUT2D eigenvalue weighted by atomic mass is 16.1. The molecule has 0 spiro atoms. The van der Waals surface area contributed by atoms with Crippen LogP contribution in [0.3, 0.4) is 0 Å². The summed E-state index contributed by atoms with van der Waals surface area (Å²) in [7, 11) is 0. The van der Waals surface area contributed by atoms with Gasteiger partial charge in [0.15, 0.2) is 5.78 Å². The lowest BCUT2D eigenvalue weighted by Crippen LogP contribution is -2.45. The Labute approximate surface area is 84.5 Å². The van der Waals surface area contributed by atoms with Gasteiger partial charge in [-0.15, -0.1) is 0 Å². The van der Waals surface area contributed by atoms with E-state index in [2.05, 4.69) is 17.9 Å². The summed E-state index contributed by atoms with van der Waals surface area (Å²) in [6.07, 6.45) is 1.25. The van der Waals surface area contributed by atoms with E-state index >= 15 is 0 Å². The average Bonchev–Trinajstić information content (AvgIpc) is 2.16. The fourth-order valence-electron chi connectivity index (χ4n) is 1.80. The van der Waals surface area contributed by atoms with E-state index < -0.39 is 0 Å². The largest absolute Gasteiger partial charge is 0.369 e. The Bertz CT molecular complexity index is 359. The van der Waals surface area contributed by atoms with Crippen LogP contribution >= 0.6 is 0 Å². The predicted octanol–water partition coefficient (Wildman–Crippen LogP) is 2.49. The van der Waals surface area contributed by atoms with Crippen LogP contribution in [0.25, 0.3) is 0 Å². The van der Waals surface area contributed by atoms with E-state index in [4.69, 9.17) is 0 Å². The number of carbonyl (C=O) groups is 1. The minimum Gasteiger partial charge on any atom is -0.369 e. The lowest BCUT2D eigenvalue weighted by Gasteiger charge is -2.40. The van der Waals surface area contributed by atoms with E-state index in [1.54, 1.807) is 6.92 Å². The summed E-state index contributed by atoms with van der Waals surface area (Å²) in [6.45, 7) is 4.94. The van der Waals surface area contributed by atoms with Crippen LogP contribution in [-0.4, -0.2) is 18.4 Å². The van der Waals surface area contributed by atoms with Crippen LogP contribution in [0.4, 0.5) is 5.69 Å². The van der Waals surface area contributed by atoms with E-state index in [9.17, 15) is 4.79 Å². The molecule has 1 aliphatic rings. The molecule has 14 heavy (non-hydrogen) atoms. The zero-order chi connectivity index (χ0) is 10.1. The summed E-state index contributed by atoms with van der Waals surface area (Å²) in [5, 5.41) is 0. The van der Waals surface area contributed by atoms with Crippen molar-refractivity contribution < 1.29 is 4.79 Å². The van der Waals surface area contributed by atoms with Crippen LogP contribution in [0, 0.1) is 0 Å². The summed E-state index contributed by atoms with van der Waals surface area (Å²) >= 11 is 0. The molecule has 0 aromatic heterocycles. The van der Waals surface area contributed by atoms with E-state index in [-0.39, 0.29) is 5.78 Å². The molecule has 2 nitrogen and oxygen atoms in total. The molecule has 2 rings (SSSR count). The van der Waals surface area contributed by atoms with Crippen LogP contribution < -0.4 is 4.90 Å². The summed E-state index contributed by atoms with van der Waals surface area (Å²) < 4.78 is 0. The second-order valence-electron chi connectivity index (χ2n) is 3.94. The molecule has 1 heterocycles. The van der Waals surface area contributed by atoms with Crippen molar-refractivity contribution in [2.45, 2.75) is 26.3 Å². The molecular weight excluding hydrogens is 174 g/mol. The highest BCUT2D eigenvalue weighted by molar-refractivity contribution is 5.95. The van der Waals surface area contributed by atoms with Crippen molar-refractivity contribution in [1.82, 2.24) is 0 Å². The quantitative estimate of drug-likeness (QED) is 0.666. The van der Waals surface area contributed by atoms with Crippen LogP contribution in [0.5, 0.6) is 0 Å². The normalized spacial score (nSPS) is 20.4. The minimum absolute atomic E-state index is 0.139. The standard InChI is InChI=1S/C12H15NO/c1-9-6-7-13(9)12-5-3-4-11(8-12)10(2)14/h3-5,8-9H,6-7H2,1-2H3. The average molecular weight is 189 g/mol. The Morgan fingerprint density at radius 1 is 1.50 bits per heavy atom. The number of nitrogens with zero attached hydrogens (tertiary/aromatic N) is 1. The first kappa shape index (κ1) is 9.25.